The van der Waals surface area contributed by atoms with E-state index in [0.29, 0.717) is 17.5 Å². The summed E-state index contributed by atoms with van der Waals surface area (Å²) in [7, 11) is 1.99. The lowest BCUT2D eigenvalue weighted by Gasteiger charge is -2.21. The maximum atomic E-state index is 13.1. The van der Waals surface area contributed by atoms with Crippen LogP contribution in [0.3, 0.4) is 0 Å². The zero-order valence-electron chi connectivity index (χ0n) is 19.3. The normalized spacial score (nSPS) is 11.3. The number of furan rings is 1. The van der Waals surface area contributed by atoms with Crippen LogP contribution >= 0.6 is 11.8 Å². The average molecular weight is 472 g/mol. The molecule has 7 nitrogen and oxygen atoms in total. The highest BCUT2D eigenvalue weighted by Gasteiger charge is 2.23. The topological polar surface area (TPSA) is 69.1 Å². The average Bonchev–Trinajstić information content (AvgIpc) is 3.55. The summed E-state index contributed by atoms with van der Waals surface area (Å²) in [6.07, 6.45) is 1.68. The molecule has 8 heteroatoms. The van der Waals surface area contributed by atoms with Gasteiger partial charge >= 0.3 is 0 Å². The van der Waals surface area contributed by atoms with Crippen LogP contribution in [0.25, 0.3) is 28.3 Å². The Morgan fingerprint density at radius 2 is 1.82 bits per heavy atom. The van der Waals surface area contributed by atoms with Crippen LogP contribution in [-0.4, -0.2) is 37.5 Å². The summed E-state index contributed by atoms with van der Waals surface area (Å²) < 4.78 is 9.68. The minimum absolute atomic E-state index is 0.0240. The first-order valence-corrected chi connectivity index (χ1v) is 12.1. The maximum Gasteiger partial charge on any atom is 0.237 e. The predicted molar refractivity (Wildman–Crippen MR) is 135 cm³/mol. The van der Waals surface area contributed by atoms with Crippen LogP contribution in [-0.2, 0) is 11.8 Å². The van der Waals surface area contributed by atoms with E-state index in [2.05, 4.69) is 23.2 Å². The summed E-state index contributed by atoms with van der Waals surface area (Å²) in [5, 5.41) is 9.71. The van der Waals surface area contributed by atoms with Crippen LogP contribution in [0.15, 0.2) is 82.6 Å². The molecule has 0 saturated heterocycles. The standard InChI is InChI=1S/C26H25N5O2S/c1-4-30(19-11-6-5-7-12-19)24(32)17-34-26-28-27-25(31(26)20-13-9-8-10-18(20)2)22-16-23-21(29(22)3)14-15-33-23/h5-16H,4,17H2,1-3H3. The third-order valence-corrected chi connectivity index (χ3v) is 6.81. The van der Waals surface area contributed by atoms with Crippen LogP contribution in [0.5, 0.6) is 0 Å². The van der Waals surface area contributed by atoms with Gasteiger partial charge in [-0.05, 0) is 37.6 Å². The second-order valence-electron chi connectivity index (χ2n) is 7.95. The van der Waals surface area contributed by atoms with E-state index < -0.39 is 0 Å². The van der Waals surface area contributed by atoms with Crippen LogP contribution < -0.4 is 4.90 Å². The highest BCUT2D eigenvalue weighted by atomic mass is 32.2. The quantitative estimate of drug-likeness (QED) is 0.294. The number of amides is 1. The molecule has 0 aliphatic rings. The molecular formula is C26H25N5O2S. The number of hydrogen-bond acceptors (Lipinski definition) is 5. The Hall–Kier alpha value is -3.78. The molecule has 5 rings (SSSR count). The Morgan fingerprint density at radius 1 is 1.06 bits per heavy atom. The number of aromatic nitrogens is 4. The van der Waals surface area contributed by atoms with E-state index in [9.17, 15) is 4.79 Å². The van der Waals surface area contributed by atoms with Gasteiger partial charge in [0.25, 0.3) is 0 Å². The van der Waals surface area contributed by atoms with Crippen molar-refractivity contribution in [1.82, 2.24) is 19.3 Å². The molecule has 0 aliphatic heterocycles. The lowest BCUT2D eigenvalue weighted by atomic mass is 10.2. The number of anilines is 1. The molecule has 0 radical (unpaired) electrons. The molecule has 0 bridgehead atoms. The van der Waals surface area contributed by atoms with E-state index in [4.69, 9.17) is 4.42 Å². The third-order valence-electron chi connectivity index (χ3n) is 5.89. The van der Waals surface area contributed by atoms with Gasteiger partial charge in [0.05, 0.1) is 28.9 Å². The Labute approximate surface area is 202 Å². The van der Waals surface area contributed by atoms with E-state index in [0.717, 1.165) is 33.7 Å². The zero-order chi connectivity index (χ0) is 23.7. The van der Waals surface area contributed by atoms with Gasteiger partial charge in [-0.3, -0.25) is 9.36 Å². The van der Waals surface area contributed by atoms with Gasteiger partial charge in [0.2, 0.25) is 5.91 Å². The number of carbonyl (C=O) groups excluding carboxylic acids is 1. The lowest BCUT2D eigenvalue weighted by molar-refractivity contribution is -0.116. The highest BCUT2D eigenvalue weighted by Crippen LogP contribution is 2.33. The van der Waals surface area contributed by atoms with Gasteiger partial charge in [-0.1, -0.05) is 48.2 Å². The first-order chi connectivity index (χ1) is 16.6. The van der Waals surface area contributed by atoms with Crippen molar-refractivity contribution in [2.45, 2.75) is 19.0 Å². The second-order valence-corrected chi connectivity index (χ2v) is 8.89. The molecule has 34 heavy (non-hydrogen) atoms. The number of thioether (sulfide) groups is 1. The van der Waals surface area contributed by atoms with Gasteiger partial charge in [0, 0.05) is 31.4 Å². The van der Waals surface area contributed by atoms with Crippen LogP contribution in [0.4, 0.5) is 5.69 Å². The van der Waals surface area contributed by atoms with Gasteiger partial charge in [0.1, 0.15) is 0 Å². The molecule has 0 atom stereocenters. The predicted octanol–water partition coefficient (Wildman–Crippen LogP) is 5.47. The Bertz CT molecular complexity index is 1450. The van der Waals surface area contributed by atoms with Crippen LogP contribution in [0, 0.1) is 6.92 Å². The highest BCUT2D eigenvalue weighted by molar-refractivity contribution is 7.99. The SMILES string of the molecule is CCN(C(=O)CSc1nnc(-c2cc3occc3n2C)n1-c1ccccc1C)c1ccccc1. The minimum Gasteiger partial charge on any atom is -0.463 e. The Morgan fingerprint density at radius 3 is 2.56 bits per heavy atom. The lowest BCUT2D eigenvalue weighted by Crippen LogP contribution is -2.32. The number of hydrogen-bond donors (Lipinski definition) is 0. The molecular weight excluding hydrogens is 446 g/mol. The number of fused-ring (bicyclic) bond motifs is 1. The fraction of sp³-hybridized carbons (Fsp3) is 0.192. The smallest absolute Gasteiger partial charge is 0.237 e. The van der Waals surface area contributed by atoms with Crippen molar-refractivity contribution in [2.24, 2.45) is 7.05 Å². The number of rotatable bonds is 7. The Balaban J connectivity index is 1.52. The summed E-state index contributed by atoms with van der Waals surface area (Å²) in [4.78, 5) is 14.9. The molecule has 0 unspecified atom stereocenters. The molecule has 3 heterocycles. The van der Waals surface area contributed by atoms with Crippen LogP contribution in [0.2, 0.25) is 0 Å². The largest absolute Gasteiger partial charge is 0.463 e. The monoisotopic (exact) mass is 471 g/mol. The summed E-state index contributed by atoms with van der Waals surface area (Å²) >= 11 is 1.39. The van der Waals surface area contributed by atoms with Gasteiger partial charge in [-0.2, -0.15) is 0 Å². The third kappa shape index (κ3) is 3.90. The summed E-state index contributed by atoms with van der Waals surface area (Å²) in [5.74, 6) is 0.979. The van der Waals surface area contributed by atoms with Gasteiger partial charge in [-0.15, -0.1) is 10.2 Å². The van der Waals surface area contributed by atoms with Crippen molar-refractivity contribution in [2.75, 3.05) is 17.2 Å². The molecule has 0 fully saturated rings. The first kappa shape index (κ1) is 22.0. The fourth-order valence-electron chi connectivity index (χ4n) is 4.14. The zero-order valence-corrected chi connectivity index (χ0v) is 20.1. The first-order valence-electron chi connectivity index (χ1n) is 11.1. The van der Waals surface area contributed by atoms with E-state index in [-0.39, 0.29) is 11.7 Å². The van der Waals surface area contributed by atoms with Gasteiger partial charge < -0.3 is 13.9 Å². The molecule has 1 amide bonds. The second kappa shape index (κ2) is 9.23. The molecule has 5 aromatic rings. The van der Waals surface area contributed by atoms with Crippen molar-refractivity contribution in [3.05, 3.63) is 78.6 Å². The van der Waals surface area contributed by atoms with Crippen molar-refractivity contribution in [3.8, 4) is 17.2 Å². The van der Waals surface area contributed by atoms with Crippen molar-refractivity contribution < 1.29 is 9.21 Å². The number of nitrogens with zero attached hydrogens (tertiary/aromatic N) is 5. The van der Waals surface area contributed by atoms with Crippen molar-refractivity contribution in [3.63, 3.8) is 0 Å². The number of benzene rings is 2. The van der Waals surface area contributed by atoms with E-state index in [1.54, 1.807) is 11.2 Å². The fourth-order valence-corrected chi connectivity index (χ4v) is 4.96. The van der Waals surface area contributed by atoms with Gasteiger partial charge in [-0.25, -0.2) is 0 Å². The van der Waals surface area contributed by atoms with E-state index in [1.165, 1.54) is 11.8 Å². The maximum absolute atomic E-state index is 13.1. The van der Waals surface area contributed by atoms with Crippen LogP contribution in [0.1, 0.15) is 12.5 Å². The van der Waals surface area contributed by atoms with E-state index >= 15 is 0 Å². The minimum atomic E-state index is 0.0240. The summed E-state index contributed by atoms with van der Waals surface area (Å²) in [6.45, 7) is 4.64. The summed E-state index contributed by atoms with van der Waals surface area (Å²) in [5.41, 5.74) is 5.63. The molecule has 0 N–H and O–H groups in total. The number of aryl methyl sites for hydroxylation is 2. The number of para-hydroxylation sites is 2. The number of carbonyl (C=O) groups is 1. The van der Waals surface area contributed by atoms with Crippen molar-refractivity contribution >= 4 is 34.5 Å². The molecule has 172 valence electrons. The molecule has 0 aliphatic carbocycles. The Kier molecular flexibility index (Phi) is 5.98. The molecule has 2 aromatic carbocycles. The van der Waals surface area contributed by atoms with E-state index in [1.807, 2.05) is 83.8 Å². The van der Waals surface area contributed by atoms with Crippen molar-refractivity contribution in [1.29, 1.82) is 0 Å². The summed E-state index contributed by atoms with van der Waals surface area (Å²) in [6, 6.07) is 21.7. The molecule has 0 spiro atoms. The molecule has 0 saturated carbocycles. The molecule has 3 aromatic heterocycles. The van der Waals surface area contributed by atoms with Gasteiger partial charge in [0.15, 0.2) is 16.6 Å².